The van der Waals surface area contributed by atoms with Gasteiger partial charge < -0.3 is 60.4 Å². The van der Waals surface area contributed by atoms with Gasteiger partial charge in [0.05, 0.1) is 13.2 Å². The van der Waals surface area contributed by atoms with Crippen LogP contribution in [0.4, 0.5) is 0 Å². The van der Waals surface area contributed by atoms with Gasteiger partial charge >= 0.3 is 15.6 Å². The van der Waals surface area contributed by atoms with Gasteiger partial charge in [-0.15, -0.1) is 0 Å². The SMILES string of the molecule is C=C1NC(=O)C=CN1C1OC(COP(=O)(OC)OP(=O)(OC)O[C@@H]2OC(CO)[C@H](O)[C@H](O)C2NC(=O)CCCOCCCO)C(O)C1O. The average molecular weight is 736 g/mol. The Morgan fingerprint density at radius 2 is 1.67 bits per heavy atom. The van der Waals surface area contributed by atoms with E-state index in [1.807, 2.05) is 0 Å². The van der Waals surface area contributed by atoms with Crippen molar-refractivity contribution in [1.82, 2.24) is 15.5 Å². The minimum Gasteiger partial charge on any atom is -0.396 e. The van der Waals surface area contributed by atoms with Gasteiger partial charge in [0.1, 0.15) is 48.5 Å². The zero-order valence-corrected chi connectivity index (χ0v) is 27.9. The van der Waals surface area contributed by atoms with Crippen LogP contribution in [0.3, 0.4) is 0 Å². The maximum absolute atomic E-state index is 13.6. The van der Waals surface area contributed by atoms with Crippen molar-refractivity contribution in [3.63, 3.8) is 0 Å². The molecule has 2 amide bonds. The molecule has 8 N–H and O–H groups in total. The fourth-order valence-electron chi connectivity index (χ4n) is 4.63. The van der Waals surface area contributed by atoms with Crippen molar-refractivity contribution in [1.29, 1.82) is 0 Å². The van der Waals surface area contributed by atoms with Crippen LogP contribution in [0.1, 0.15) is 19.3 Å². The number of hydrogen-bond acceptors (Lipinski definition) is 19. The topological polar surface area (TPSA) is 291 Å². The number of aliphatic hydroxyl groups excluding tert-OH is 6. The van der Waals surface area contributed by atoms with Crippen LogP contribution < -0.4 is 10.6 Å². The molecule has 21 nitrogen and oxygen atoms in total. The number of amides is 2. The monoisotopic (exact) mass is 735 g/mol. The van der Waals surface area contributed by atoms with Crippen LogP contribution in [0.5, 0.6) is 0 Å². The lowest BCUT2D eigenvalue weighted by atomic mass is 9.97. The molecule has 23 heteroatoms. The Kier molecular flexibility index (Phi) is 15.5. The molecule has 0 aliphatic carbocycles. The molecule has 3 rings (SSSR count). The Labute approximate surface area is 275 Å². The van der Waals surface area contributed by atoms with Gasteiger partial charge in [-0.05, 0) is 12.8 Å². The van der Waals surface area contributed by atoms with Crippen molar-refractivity contribution < 1.29 is 86.0 Å². The van der Waals surface area contributed by atoms with E-state index in [9.17, 15) is 44.3 Å². The first-order valence-corrected chi connectivity index (χ1v) is 17.6. The highest BCUT2D eigenvalue weighted by atomic mass is 31.3. The molecule has 0 aromatic rings. The second kappa shape index (κ2) is 18.4. The number of ether oxygens (including phenoxy) is 3. The zero-order chi connectivity index (χ0) is 35.6. The number of phosphoric acid groups is 2. The molecule has 11 atom stereocenters. The minimum atomic E-state index is -5.07. The van der Waals surface area contributed by atoms with E-state index < -0.39 is 95.9 Å². The molecule has 3 aliphatic heterocycles. The number of carbonyl (C=O) groups is 2. The Morgan fingerprint density at radius 3 is 2.29 bits per heavy atom. The van der Waals surface area contributed by atoms with Crippen molar-refractivity contribution in [2.24, 2.45) is 0 Å². The summed E-state index contributed by atoms with van der Waals surface area (Å²) in [5.41, 5.74) is 0. The lowest BCUT2D eigenvalue weighted by Gasteiger charge is -2.42. The minimum absolute atomic E-state index is 0.0353. The van der Waals surface area contributed by atoms with Crippen molar-refractivity contribution >= 4 is 27.5 Å². The molecule has 0 aromatic heterocycles. The van der Waals surface area contributed by atoms with E-state index >= 15 is 0 Å². The van der Waals surface area contributed by atoms with E-state index in [0.29, 0.717) is 6.42 Å². The van der Waals surface area contributed by atoms with Crippen LogP contribution in [0, 0.1) is 0 Å². The first kappa shape index (κ1) is 40.5. The number of rotatable bonds is 19. The molecule has 0 saturated carbocycles. The Hall–Kier alpha value is -1.88. The summed E-state index contributed by atoms with van der Waals surface area (Å²) in [6.45, 7) is 2.42. The van der Waals surface area contributed by atoms with Gasteiger partial charge in [0.25, 0.3) is 5.91 Å². The largest absolute Gasteiger partial charge is 0.485 e. The Balaban J connectivity index is 1.67. The lowest BCUT2D eigenvalue weighted by molar-refractivity contribution is -0.248. The predicted molar refractivity (Wildman–Crippen MR) is 158 cm³/mol. The first-order chi connectivity index (χ1) is 22.7. The molecular weight excluding hydrogens is 692 g/mol. The van der Waals surface area contributed by atoms with Crippen LogP contribution in [0.15, 0.2) is 24.7 Å². The molecule has 0 radical (unpaired) electrons. The van der Waals surface area contributed by atoms with Crippen molar-refractivity contribution in [2.75, 3.05) is 47.3 Å². The van der Waals surface area contributed by atoms with E-state index in [2.05, 4.69) is 17.2 Å². The molecule has 3 heterocycles. The summed E-state index contributed by atoms with van der Waals surface area (Å²) in [7, 11) is -8.32. The molecular formula is C25H43N3O18P2. The maximum Gasteiger partial charge on any atom is 0.485 e. The fraction of sp³-hybridized carbons (Fsp3) is 0.760. The van der Waals surface area contributed by atoms with Gasteiger partial charge in [-0.25, -0.2) is 9.13 Å². The third-order valence-electron chi connectivity index (χ3n) is 7.20. The van der Waals surface area contributed by atoms with Gasteiger partial charge in [0.15, 0.2) is 12.5 Å². The fourth-order valence-corrected chi connectivity index (χ4v) is 7.44. The molecule has 0 bridgehead atoms. The summed E-state index contributed by atoms with van der Waals surface area (Å²) in [6.07, 6.45) is -9.90. The zero-order valence-electron chi connectivity index (χ0n) is 26.1. The number of aliphatic hydroxyl groups is 6. The van der Waals surface area contributed by atoms with E-state index in [1.54, 1.807) is 0 Å². The Morgan fingerprint density at radius 1 is 1.00 bits per heavy atom. The summed E-state index contributed by atoms with van der Waals surface area (Å²) in [5, 5.41) is 65.4. The Bertz CT molecular complexity index is 1230. The van der Waals surface area contributed by atoms with Crippen molar-refractivity contribution in [3.05, 3.63) is 24.7 Å². The van der Waals surface area contributed by atoms with Crippen molar-refractivity contribution in [2.45, 2.75) is 74.4 Å². The van der Waals surface area contributed by atoms with E-state index in [1.165, 1.54) is 11.1 Å². The summed E-state index contributed by atoms with van der Waals surface area (Å²) < 4.78 is 68.4. The highest BCUT2D eigenvalue weighted by Crippen LogP contribution is 2.66. The number of carbonyl (C=O) groups excluding carboxylic acids is 2. The van der Waals surface area contributed by atoms with Gasteiger partial charge in [-0.1, -0.05) is 6.58 Å². The highest BCUT2D eigenvalue weighted by molar-refractivity contribution is 7.62. The number of nitrogens with one attached hydrogen (secondary N) is 2. The maximum atomic E-state index is 13.6. The molecule has 0 aromatic carbocycles. The molecule has 2 saturated heterocycles. The predicted octanol–water partition coefficient (Wildman–Crippen LogP) is -2.49. The third kappa shape index (κ3) is 10.6. The summed E-state index contributed by atoms with van der Waals surface area (Å²) in [6, 6.07) is -1.62. The molecule has 8 unspecified atom stereocenters. The molecule has 276 valence electrons. The molecule has 48 heavy (non-hydrogen) atoms. The van der Waals surface area contributed by atoms with Crippen LogP contribution in [0.25, 0.3) is 0 Å². The average Bonchev–Trinajstić information content (AvgIpc) is 3.33. The van der Waals surface area contributed by atoms with E-state index in [-0.39, 0.29) is 38.5 Å². The number of nitrogens with zero attached hydrogens (tertiary/aromatic N) is 1. The quantitative estimate of drug-likeness (QED) is 0.0503. The first-order valence-electron chi connectivity index (χ1n) is 14.7. The number of hydrogen-bond donors (Lipinski definition) is 8. The van der Waals surface area contributed by atoms with Gasteiger partial charge in [0.2, 0.25) is 5.91 Å². The van der Waals surface area contributed by atoms with Crippen LogP contribution in [-0.4, -0.2) is 150 Å². The van der Waals surface area contributed by atoms with Gasteiger partial charge in [0, 0.05) is 52.7 Å². The normalized spacial score (nSPS) is 33.2. The lowest BCUT2D eigenvalue weighted by Crippen LogP contribution is -2.64. The molecule has 2 fully saturated rings. The molecule has 3 aliphatic rings. The standard InChI is InChI=1S/C25H43N3O18P2/c1-14-26-18(32)7-8-28(14)24-23(36)21(34)16(43-24)13-42-47(37,39-2)46-48(38,40-3)45-25-19(22(35)20(33)15(12-30)44-25)27-17(31)6-4-10-41-11-5-9-29/h7-8,15-16,19-25,29-30,33-36H,1,4-6,9-13H2,2-3H3,(H,26,32)(H,27,31)/t15?,16?,19?,20-,21?,22+,23?,24?,25-,47?,48?/m0/s1. The van der Waals surface area contributed by atoms with Crippen molar-refractivity contribution in [3.8, 4) is 0 Å². The van der Waals surface area contributed by atoms with E-state index in [0.717, 1.165) is 20.3 Å². The van der Waals surface area contributed by atoms with Crippen LogP contribution >= 0.6 is 15.6 Å². The smallest absolute Gasteiger partial charge is 0.396 e. The highest BCUT2D eigenvalue weighted by Gasteiger charge is 2.52. The van der Waals surface area contributed by atoms with Crippen LogP contribution in [-0.2, 0) is 55.3 Å². The molecule has 0 spiro atoms. The second-order valence-corrected chi connectivity index (χ2v) is 14.2. The number of phosphoric ester groups is 2. The summed E-state index contributed by atoms with van der Waals surface area (Å²) in [5.74, 6) is -1.11. The summed E-state index contributed by atoms with van der Waals surface area (Å²) in [4.78, 5) is 25.4. The van der Waals surface area contributed by atoms with Gasteiger partial charge in [-0.3, -0.25) is 27.7 Å². The van der Waals surface area contributed by atoms with Gasteiger partial charge in [-0.2, -0.15) is 4.31 Å². The summed E-state index contributed by atoms with van der Waals surface area (Å²) >= 11 is 0. The van der Waals surface area contributed by atoms with E-state index in [4.69, 9.17) is 41.7 Å². The van der Waals surface area contributed by atoms with Crippen LogP contribution in [0.2, 0.25) is 0 Å². The third-order valence-corrected chi connectivity index (χ3v) is 10.6. The second-order valence-electron chi connectivity index (χ2n) is 10.5.